The first-order valence-corrected chi connectivity index (χ1v) is 12.0. The monoisotopic (exact) mass is 493 g/mol. The number of Topliss-reactive ketones (excluding diaryl/α,β-unsaturated/α-hetero) is 2. The molecule has 36 heavy (non-hydrogen) atoms. The molecule has 2 aromatic carbocycles. The van der Waals surface area contributed by atoms with Gasteiger partial charge in [0.25, 0.3) is 0 Å². The van der Waals surface area contributed by atoms with Gasteiger partial charge in [0.05, 0.1) is 6.61 Å². The summed E-state index contributed by atoms with van der Waals surface area (Å²) in [6, 6.07) is 8.14. The average molecular weight is 494 g/mol. The van der Waals surface area contributed by atoms with Gasteiger partial charge in [-0.3, -0.25) is 14.5 Å². The lowest BCUT2D eigenvalue weighted by Crippen LogP contribution is -2.41. The Hall–Kier alpha value is -3.72. The Bertz CT molecular complexity index is 1250. The van der Waals surface area contributed by atoms with E-state index >= 15 is 0 Å². The van der Waals surface area contributed by atoms with Crippen LogP contribution in [0.1, 0.15) is 51.1 Å². The quantitative estimate of drug-likeness (QED) is 0.480. The number of esters is 1. The highest BCUT2D eigenvalue weighted by atomic mass is 16.5. The molecule has 3 aliphatic rings. The highest BCUT2D eigenvalue weighted by Gasteiger charge is 2.41. The van der Waals surface area contributed by atoms with Crippen molar-refractivity contribution in [3.63, 3.8) is 0 Å². The largest absolute Gasteiger partial charge is 0.488 e. The van der Waals surface area contributed by atoms with Crippen molar-refractivity contribution in [2.75, 3.05) is 26.9 Å². The summed E-state index contributed by atoms with van der Waals surface area (Å²) in [6.45, 7) is 0.294. The van der Waals surface area contributed by atoms with E-state index in [0.717, 1.165) is 45.6 Å². The van der Waals surface area contributed by atoms with E-state index in [-0.39, 0.29) is 37.1 Å². The Labute approximate surface area is 207 Å². The Morgan fingerprint density at radius 1 is 1.08 bits per heavy atom. The second-order valence-electron chi connectivity index (χ2n) is 9.48. The lowest BCUT2D eigenvalue weighted by Gasteiger charge is -2.25. The van der Waals surface area contributed by atoms with Crippen LogP contribution in [0.25, 0.3) is 11.1 Å². The predicted octanol–water partition coefficient (Wildman–Crippen LogP) is 3.51. The summed E-state index contributed by atoms with van der Waals surface area (Å²) in [6.07, 6.45) is 1.32. The van der Waals surface area contributed by atoms with Gasteiger partial charge in [0, 0.05) is 42.7 Å². The summed E-state index contributed by atoms with van der Waals surface area (Å²) < 4.78 is 16.2. The molecule has 2 aromatic rings. The Balaban J connectivity index is 1.28. The molecule has 0 bridgehead atoms. The fourth-order valence-electron chi connectivity index (χ4n) is 5.33. The first-order valence-electron chi connectivity index (χ1n) is 12.0. The van der Waals surface area contributed by atoms with Gasteiger partial charge in [-0.05, 0) is 54.2 Å². The third-order valence-electron chi connectivity index (χ3n) is 7.11. The maximum atomic E-state index is 12.8. The topological polar surface area (TPSA) is 119 Å². The number of amides is 1. The molecule has 0 spiro atoms. The summed E-state index contributed by atoms with van der Waals surface area (Å²) in [5.74, 6) is -0.426. The van der Waals surface area contributed by atoms with Gasteiger partial charge in [0.15, 0.2) is 18.2 Å². The van der Waals surface area contributed by atoms with Crippen LogP contribution >= 0.6 is 0 Å². The number of carboxylic acid groups (broad SMARTS) is 1. The Morgan fingerprint density at radius 2 is 1.92 bits per heavy atom. The van der Waals surface area contributed by atoms with Crippen LogP contribution in [0, 0.1) is 5.92 Å². The maximum Gasteiger partial charge on any atom is 0.408 e. The molecular weight excluding hydrogens is 466 g/mol. The second kappa shape index (κ2) is 9.73. The number of carbonyl (C=O) groups excluding carboxylic acids is 3. The first-order chi connectivity index (χ1) is 17.4. The fraction of sp³-hybridized carbons (Fsp3) is 0.407. The standard InChI is InChI=1S/C27H27NO8/c1-34-12-15-7-22(28(11-15)27(32)33)26(31)36-14-24(30)17-5-6-19-18(8-17)13-35-25-10-20-16(9-21(19)25)3-2-4-23(20)29/h5-6,8-10,15,22H,2-4,7,11-14H2,1H3,(H,32,33). The zero-order chi connectivity index (χ0) is 25.4. The van der Waals surface area contributed by atoms with Crippen molar-refractivity contribution >= 4 is 23.6 Å². The summed E-state index contributed by atoms with van der Waals surface area (Å²) in [4.78, 5) is 50.2. The summed E-state index contributed by atoms with van der Waals surface area (Å²) in [5, 5.41) is 9.42. The number of ether oxygens (including phenoxy) is 3. The van der Waals surface area contributed by atoms with Crippen LogP contribution in [0.5, 0.6) is 5.75 Å². The highest BCUT2D eigenvalue weighted by Crippen LogP contribution is 2.41. The molecule has 9 nitrogen and oxygen atoms in total. The van der Waals surface area contributed by atoms with Crippen LogP contribution in [0.3, 0.4) is 0 Å². The van der Waals surface area contributed by atoms with Gasteiger partial charge in [-0.15, -0.1) is 0 Å². The minimum atomic E-state index is -1.21. The molecule has 9 heteroatoms. The smallest absolute Gasteiger partial charge is 0.408 e. The molecule has 5 rings (SSSR count). The second-order valence-corrected chi connectivity index (χ2v) is 9.48. The lowest BCUT2D eigenvalue weighted by atomic mass is 9.86. The van der Waals surface area contributed by atoms with Crippen molar-refractivity contribution in [1.29, 1.82) is 0 Å². The molecule has 1 N–H and O–H groups in total. The molecular formula is C27H27NO8. The van der Waals surface area contributed by atoms with Crippen LogP contribution in [0.15, 0.2) is 30.3 Å². The molecule has 1 amide bonds. The predicted molar refractivity (Wildman–Crippen MR) is 127 cm³/mol. The molecule has 2 unspecified atom stereocenters. The van der Waals surface area contributed by atoms with Gasteiger partial charge in [0.2, 0.25) is 0 Å². The Kier molecular flexibility index (Phi) is 6.49. The van der Waals surface area contributed by atoms with Gasteiger partial charge in [-0.1, -0.05) is 12.1 Å². The minimum absolute atomic E-state index is 0.105. The molecule has 1 aliphatic carbocycles. The number of rotatable bonds is 6. The molecule has 1 saturated heterocycles. The normalized spacial score (nSPS) is 20.1. The number of benzene rings is 2. The lowest BCUT2D eigenvalue weighted by molar-refractivity contribution is -0.147. The first kappa shape index (κ1) is 24.0. The summed E-state index contributed by atoms with van der Waals surface area (Å²) >= 11 is 0. The van der Waals surface area contributed by atoms with Crippen LogP contribution in [-0.2, 0) is 27.3 Å². The number of aryl methyl sites for hydroxylation is 1. The van der Waals surface area contributed by atoms with Crippen molar-refractivity contribution in [1.82, 2.24) is 4.90 Å². The van der Waals surface area contributed by atoms with Gasteiger partial charge >= 0.3 is 12.1 Å². The molecule has 2 aliphatic heterocycles. The number of carbonyl (C=O) groups is 4. The third kappa shape index (κ3) is 4.46. The van der Waals surface area contributed by atoms with E-state index < -0.39 is 24.7 Å². The van der Waals surface area contributed by atoms with Crippen molar-refractivity contribution in [2.45, 2.75) is 38.3 Å². The van der Waals surface area contributed by atoms with Crippen molar-refractivity contribution in [3.05, 3.63) is 52.6 Å². The summed E-state index contributed by atoms with van der Waals surface area (Å²) in [5.41, 5.74) is 4.80. The van der Waals surface area contributed by atoms with E-state index in [9.17, 15) is 24.3 Å². The van der Waals surface area contributed by atoms with E-state index in [4.69, 9.17) is 14.2 Å². The number of fused-ring (bicyclic) bond motifs is 4. The third-order valence-corrected chi connectivity index (χ3v) is 7.11. The van der Waals surface area contributed by atoms with Crippen LogP contribution in [0.2, 0.25) is 0 Å². The van der Waals surface area contributed by atoms with E-state index in [1.807, 2.05) is 18.2 Å². The number of methoxy groups -OCH3 is 1. The zero-order valence-electron chi connectivity index (χ0n) is 20.0. The molecule has 2 atom stereocenters. The molecule has 0 radical (unpaired) electrons. The van der Waals surface area contributed by atoms with Crippen molar-refractivity contribution in [3.8, 4) is 16.9 Å². The summed E-state index contributed by atoms with van der Waals surface area (Å²) in [7, 11) is 1.52. The van der Waals surface area contributed by atoms with Gasteiger partial charge in [-0.25, -0.2) is 9.59 Å². The number of ketones is 2. The van der Waals surface area contributed by atoms with Crippen LogP contribution < -0.4 is 4.74 Å². The highest BCUT2D eigenvalue weighted by molar-refractivity contribution is 6.01. The molecule has 0 aromatic heterocycles. The van der Waals surface area contributed by atoms with E-state index in [2.05, 4.69) is 0 Å². The minimum Gasteiger partial charge on any atom is -0.488 e. The number of hydrogen-bond acceptors (Lipinski definition) is 7. The van der Waals surface area contributed by atoms with E-state index in [0.29, 0.717) is 24.3 Å². The van der Waals surface area contributed by atoms with Crippen molar-refractivity contribution in [2.24, 2.45) is 5.92 Å². The van der Waals surface area contributed by atoms with Gasteiger partial charge in [0.1, 0.15) is 18.4 Å². The number of hydrogen-bond donors (Lipinski definition) is 1. The van der Waals surface area contributed by atoms with E-state index in [1.165, 1.54) is 7.11 Å². The van der Waals surface area contributed by atoms with Gasteiger partial charge in [-0.2, -0.15) is 0 Å². The van der Waals surface area contributed by atoms with Crippen LogP contribution in [0.4, 0.5) is 4.79 Å². The molecule has 2 heterocycles. The van der Waals surface area contributed by atoms with E-state index in [1.54, 1.807) is 12.1 Å². The Morgan fingerprint density at radius 3 is 2.69 bits per heavy atom. The number of nitrogens with zero attached hydrogens (tertiary/aromatic N) is 1. The SMILES string of the molecule is COCC1CC(C(=O)OCC(=O)c2ccc3c(c2)COc2cc4c(cc2-3)CCCC4=O)N(C(=O)O)C1. The zero-order valence-corrected chi connectivity index (χ0v) is 20.0. The molecule has 188 valence electrons. The van der Waals surface area contributed by atoms with Gasteiger partial charge < -0.3 is 19.3 Å². The van der Waals surface area contributed by atoms with Crippen molar-refractivity contribution < 1.29 is 38.5 Å². The van der Waals surface area contributed by atoms with Crippen LogP contribution in [-0.4, -0.2) is 66.5 Å². The molecule has 0 saturated carbocycles. The molecule has 1 fully saturated rings. The number of likely N-dealkylation sites (tertiary alicyclic amines) is 1. The fourth-order valence-corrected chi connectivity index (χ4v) is 5.33. The average Bonchev–Trinajstić information content (AvgIpc) is 3.31. The maximum absolute atomic E-state index is 12.8.